The fraction of sp³-hybridized carbons (Fsp3) is 0.308. The second kappa shape index (κ2) is 10.1. The molecule has 2 heterocycles. The predicted octanol–water partition coefficient (Wildman–Crippen LogP) is 3.36. The maximum atomic E-state index is 13.3. The van der Waals surface area contributed by atoms with Gasteiger partial charge in [0.1, 0.15) is 0 Å². The van der Waals surface area contributed by atoms with Crippen molar-refractivity contribution < 1.29 is 29.0 Å². The molecule has 1 fully saturated rings. The molecule has 0 spiro atoms. The third-order valence-electron chi connectivity index (χ3n) is 6.61. The fourth-order valence-corrected chi connectivity index (χ4v) is 4.56. The number of rotatable bonds is 7. The van der Waals surface area contributed by atoms with E-state index < -0.39 is 11.9 Å². The maximum Gasteiger partial charge on any atom is 0.306 e. The molecule has 0 radical (unpaired) electrons. The molecule has 3 N–H and O–H groups in total. The minimum absolute atomic E-state index is 0.173. The van der Waals surface area contributed by atoms with E-state index in [0.29, 0.717) is 54.1 Å². The van der Waals surface area contributed by atoms with E-state index in [4.69, 9.17) is 9.47 Å². The molecule has 5 rings (SSSR count). The monoisotopic (exact) mass is 490 g/mol. The minimum atomic E-state index is -0.815. The molecule has 0 bridgehead atoms. The lowest BCUT2D eigenvalue weighted by molar-refractivity contribution is -0.143. The average Bonchev–Trinajstić information content (AvgIpc) is 3.59. The molecule has 1 aliphatic carbocycles. The van der Waals surface area contributed by atoms with E-state index in [2.05, 4.69) is 15.7 Å². The highest BCUT2D eigenvalue weighted by Crippen LogP contribution is 2.33. The van der Waals surface area contributed by atoms with Gasteiger partial charge in [-0.2, -0.15) is 5.10 Å². The van der Waals surface area contributed by atoms with Gasteiger partial charge < -0.3 is 25.2 Å². The zero-order valence-electron chi connectivity index (χ0n) is 19.5. The number of fused-ring (bicyclic) bond motifs is 1. The van der Waals surface area contributed by atoms with Gasteiger partial charge in [0.05, 0.1) is 22.9 Å². The number of aliphatic carboxylic acids is 1. The number of ether oxygens (including phenoxy) is 2. The van der Waals surface area contributed by atoms with Gasteiger partial charge in [-0.3, -0.25) is 14.4 Å². The molecule has 0 unspecified atom stereocenters. The Morgan fingerprint density at radius 3 is 2.53 bits per heavy atom. The van der Waals surface area contributed by atoms with E-state index in [0.717, 1.165) is 5.56 Å². The van der Waals surface area contributed by atoms with Gasteiger partial charge in [0.15, 0.2) is 11.5 Å². The number of carboxylic acid groups (broad SMARTS) is 1. The third kappa shape index (κ3) is 5.02. The molecule has 10 nitrogen and oxygen atoms in total. The van der Waals surface area contributed by atoms with E-state index in [1.807, 2.05) is 12.1 Å². The summed E-state index contributed by atoms with van der Waals surface area (Å²) < 4.78 is 12.4. The number of nitrogens with zero attached hydrogens (tertiary/aromatic N) is 2. The molecule has 2 aromatic carbocycles. The molecule has 2 amide bonds. The van der Waals surface area contributed by atoms with Crippen LogP contribution in [-0.2, 0) is 16.1 Å². The number of amides is 2. The van der Waals surface area contributed by atoms with Crippen LogP contribution < -0.4 is 20.1 Å². The average molecular weight is 491 g/mol. The van der Waals surface area contributed by atoms with Gasteiger partial charge >= 0.3 is 5.97 Å². The molecule has 0 saturated heterocycles. The topological polar surface area (TPSA) is 132 Å². The van der Waals surface area contributed by atoms with Crippen molar-refractivity contribution in [3.8, 4) is 17.2 Å². The summed E-state index contributed by atoms with van der Waals surface area (Å²) in [5.74, 6) is -0.783. The van der Waals surface area contributed by atoms with Gasteiger partial charge in [-0.1, -0.05) is 6.07 Å². The molecule has 0 atom stereocenters. The van der Waals surface area contributed by atoms with Crippen LogP contribution in [0.4, 0.5) is 5.69 Å². The van der Waals surface area contributed by atoms with Crippen molar-refractivity contribution in [1.29, 1.82) is 0 Å². The van der Waals surface area contributed by atoms with Gasteiger partial charge in [0.25, 0.3) is 5.91 Å². The predicted molar refractivity (Wildman–Crippen MR) is 129 cm³/mol. The summed E-state index contributed by atoms with van der Waals surface area (Å²) in [6.45, 7) is 0.431. The SMILES string of the molecule is O=C(NCc1ccc2c(c1)OCO2)c1cc(-n2cccn2)ccc1NC(=O)C1CCC(C(=O)O)CC1. The van der Waals surface area contributed by atoms with Crippen molar-refractivity contribution in [2.24, 2.45) is 11.8 Å². The molecule has 1 aliphatic heterocycles. The molecular formula is C26H26N4O6. The first kappa shape index (κ1) is 23.4. The summed E-state index contributed by atoms with van der Waals surface area (Å²) in [5.41, 5.74) is 2.21. The van der Waals surface area contributed by atoms with Crippen LogP contribution in [0.5, 0.6) is 11.5 Å². The number of benzene rings is 2. The number of hydrogen-bond acceptors (Lipinski definition) is 6. The Morgan fingerprint density at radius 1 is 1.00 bits per heavy atom. The summed E-state index contributed by atoms with van der Waals surface area (Å²) in [4.78, 5) is 37.5. The van der Waals surface area contributed by atoms with Crippen LogP contribution in [0, 0.1) is 11.8 Å². The van der Waals surface area contributed by atoms with Gasteiger partial charge in [-0.15, -0.1) is 0 Å². The molecule has 1 aromatic heterocycles. The molecular weight excluding hydrogens is 464 g/mol. The lowest BCUT2D eigenvalue weighted by atomic mass is 9.81. The van der Waals surface area contributed by atoms with Crippen LogP contribution >= 0.6 is 0 Å². The highest BCUT2D eigenvalue weighted by molar-refractivity contribution is 6.04. The first-order chi connectivity index (χ1) is 17.5. The normalized spacial score (nSPS) is 18.4. The van der Waals surface area contributed by atoms with E-state index in [1.165, 1.54) is 0 Å². The van der Waals surface area contributed by atoms with Gasteiger partial charge in [0.2, 0.25) is 12.7 Å². The zero-order chi connectivity index (χ0) is 25.1. The quantitative estimate of drug-likeness (QED) is 0.463. The Balaban J connectivity index is 1.32. The third-order valence-corrected chi connectivity index (χ3v) is 6.61. The number of anilines is 1. The highest BCUT2D eigenvalue weighted by atomic mass is 16.7. The molecule has 2 aliphatic rings. The minimum Gasteiger partial charge on any atom is -0.481 e. The Bertz CT molecular complexity index is 1280. The Morgan fingerprint density at radius 2 is 1.78 bits per heavy atom. The number of carboxylic acids is 1. The van der Waals surface area contributed by atoms with Gasteiger partial charge in [-0.25, -0.2) is 4.68 Å². The molecule has 36 heavy (non-hydrogen) atoms. The van der Waals surface area contributed by atoms with Crippen molar-refractivity contribution in [1.82, 2.24) is 15.1 Å². The van der Waals surface area contributed by atoms with Gasteiger partial charge in [0, 0.05) is 24.9 Å². The van der Waals surface area contributed by atoms with Crippen LogP contribution in [0.15, 0.2) is 54.9 Å². The molecule has 1 saturated carbocycles. The molecule has 3 aromatic rings. The van der Waals surface area contributed by atoms with Crippen molar-refractivity contribution in [3.05, 3.63) is 66.0 Å². The molecule has 186 valence electrons. The van der Waals surface area contributed by atoms with Crippen LogP contribution in [0.3, 0.4) is 0 Å². The summed E-state index contributed by atoms with van der Waals surface area (Å²) in [6.07, 6.45) is 5.34. The second-order valence-corrected chi connectivity index (χ2v) is 8.93. The highest BCUT2D eigenvalue weighted by Gasteiger charge is 2.30. The maximum absolute atomic E-state index is 13.3. The Kier molecular flexibility index (Phi) is 6.57. The van der Waals surface area contributed by atoms with E-state index >= 15 is 0 Å². The van der Waals surface area contributed by atoms with E-state index in [-0.39, 0.29) is 31.1 Å². The largest absolute Gasteiger partial charge is 0.481 e. The number of aromatic nitrogens is 2. The van der Waals surface area contributed by atoms with Crippen molar-refractivity contribution in [2.75, 3.05) is 12.1 Å². The van der Waals surface area contributed by atoms with E-state index in [9.17, 15) is 19.5 Å². The lowest BCUT2D eigenvalue weighted by Gasteiger charge is -2.25. The van der Waals surface area contributed by atoms with Crippen molar-refractivity contribution in [3.63, 3.8) is 0 Å². The zero-order valence-corrected chi connectivity index (χ0v) is 19.5. The van der Waals surface area contributed by atoms with Crippen LogP contribution in [0.25, 0.3) is 5.69 Å². The number of carbonyl (C=O) groups excluding carboxylic acids is 2. The van der Waals surface area contributed by atoms with Crippen molar-refractivity contribution in [2.45, 2.75) is 32.2 Å². The molecule has 10 heteroatoms. The summed E-state index contributed by atoms with van der Waals surface area (Å²) in [6, 6.07) is 12.4. The second-order valence-electron chi connectivity index (χ2n) is 8.93. The van der Waals surface area contributed by atoms with Crippen LogP contribution in [0.1, 0.15) is 41.6 Å². The van der Waals surface area contributed by atoms with Gasteiger partial charge in [-0.05, 0) is 67.6 Å². The first-order valence-electron chi connectivity index (χ1n) is 11.8. The lowest BCUT2D eigenvalue weighted by Crippen LogP contribution is -2.31. The number of hydrogen-bond donors (Lipinski definition) is 3. The van der Waals surface area contributed by atoms with E-state index in [1.54, 1.807) is 47.4 Å². The Hall–Kier alpha value is -4.34. The first-order valence-corrected chi connectivity index (χ1v) is 11.8. The smallest absolute Gasteiger partial charge is 0.306 e. The fourth-order valence-electron chi connectivity index (χ4n) is 4.56. The van der Waals surface area contributed by atoms with Crippen LogP contribution in [-0.4, -0.2) is 39.5 Å². The summed E-state index contributed by atoms with van der Waals surface area (Å²) in [7, 11) is 0. The number of nitrogens with one attached hydrogen (secondary N) is 2. The Labute approximate surface area is 207 Å². The standard InChI is InChI=1S/C26H26N4O6/c31-24(17-3-5-18(6-4-17)26(33)34)29-21-8-7-19(30-11-1-10-28-30)13-20(21)25(32)27-14-16-2-9-22-23(12-16)36-15-35-22/h1-2,7-13,17-18H,3-6,14-15H2,(H,27,32)(H,29,31)(H,33,34). The number of carbonyl (C=O) groups is 3. The van der Waals surface area contributed by atoms with Crippen molar-refractivity contribution >= 4 is 23.5 Å². The van der Waals surface area contributed by atoms with Crippen LogP contribution in [0.2, 0.25) is 0 Å². The summed E-state index contributed by atoms with van der Waals surface area (Å²) in [5, 5.41) is 19.2. The summed E-state index contributed by atoms with van der Waals surface area (Å²) >= 11 is 0.